The number of esters is 1. The van der Waals surface area contributed by atoms with Crippen LogP contribution >= 0.6 is 0 Å². The fourth-order valence-corrected chi connectivity index (χ4v) is 1.75. The van der Waals surface area contributed by atoms with Crippen LogP contribution in [0.3, 0.4) is 0 Å². The molecule has 0 saturated carbocycles. The van der Waals surface area contributed by atoms with Crippen molar-refractivity contribution in [2.45, 2.75) is 26.8 Å². The minimum absolute atomic E-state index is 0.0415. The van der Waals surface area contributed by atoms with E-state index in [0.717, 1.165) is 0 Å². The van der Waals surface area contributed by atoms with E-state index in [1.807, 2.05) is 13.8 Å². The van der Waals surface area contributed by atoms with Crippen molar-refractivity contribution in [1.29, 1.82) is 0 Å². The Hall–Kier alpha value is -2.24. The van der Waals surface area contributed by atoms with Crippen molar-refractivity contribution < 1.29 is 19.4 Å². The van der Waals surface area contributed by atoms with Crippen molar-refractivity contribution in [3.05, 3.63) is 24.3 Å². The Morgan fingerprint density at radius 2 is 1.95 bits per heavy atom. The standard InChI is InChI=1S/C15H22N2O4/c1-4-21-15(20)14(10(2)3)17-13(19)9-16-11-7-5-6-8-12(11)18/h5-8,10,14,16,18H,4,9H2,1-3H3,(H,17,19). The molecule has 0 radical (unpaired) electrons. The first-order valence-electron chi connectivity index (χ1n) is 6.93. The van der Waals surface area contributed by atoms with E-state index in [1.165, 1.54) is 6.07 Å². The molecule has 0 heterocycles. The third-order valence-corrected chi connectivity index (χ3v) is 2.87. The molecule has 0 aromatic heterocycles. The molecular weight excluding hydrogens is 272 g/mol. The Balaban J connectivity index is 2.55. The van der Waals surface area contributed by atoms with Crippen LogP contribution in [0.15, 0.2) is 24.3 Å². The summed E-state index contributed by atoms with van der Waals surface area (Å²) in [5.74, 6) is -0.789. The number of phenolic OH excluding ortho intramolecular Hbond substituents is 1. The van der Waals surface area contributed by atoms with Gasteiger partial charge in [0, 0.05) is 0 Å². The average Bonchev–Trinajstić information content (AvgIpc) is 2.43. The summed E-state index contributed by atoms with van der Waals surface area (Å²) in [5.41, 5.74) is 0.463. The van der Waals surface area contributed by atoms with Crippen LogP contribution in [0.1, 0.15) is 20.8 Å². The summed E-state index contributed by atoms with van der Waals surface area (Å²) in [5, 5.41) is 15.0. The first kappa shape index (κ1) is 16.8. The second-order valence-electron chi connectivity index (χ2n) is 4.91. The lowest BCUT2D eigenvalue weighted by Gasteiger charge is -2.20. The van der Waals surface area contributed by atoms with E-state index in [1.54, 1.807) is 25.1 Å². The van der Waals surface area contributed by atoms with Crippen LogP contribution in [0.25, 0.3) is 0 Å². The van der Waals surface area contributed by atoms with Gasteiger partial charge in [-0.25, -0.2) is 4.79 Å². The van der Waals surface area contributed by atoms with Gasteiger partial charge in [-0.05, 0) is 25.0 Å². The fourth-order valence-electron chi connectivity index (χ4n) is 1.75. The van der Waals surface area contributed by atoms with Crippen molar-refractivity contribution in [2.75, 3.05) is 18.5 Å². The maximum absolute atomic E-state index is 11.9. The van der Waals surface area contributed by atoms with Crippen LogP contribution in [0.5, 0.6) is 5.75 Å². The number of rotatable bonds is 7. The number of carbonyl (C=O) groups excluding carboxylic acids is 2. The van der Waals surface area contributed by atoms with Gasteiger partial charge >= 0.3 is 5.97 Å². The van der Waals surface area contributed by atoms with E-state index < -0.39 is 12.0 Å². The van der Waals surface area contributed by atoms with Gasteiger partial charge in [-0.3, -0.25) is 4.79 Å². The van der Waals surface area contributed by atoms with Gasteiger partial charge in [-0.1, -0.05) is 26.0 Å². The normalized spacial score (nSPS) is 11.8. The molecule has 0 aliphatic carbocycles. The van der Waals surface area contributed by atoms with Crippen LogP contribution in [-0.2, 0) is 14.3 Å². The van der Waals surface area contributed by atoms with E-state index in [0.29, 0.717) is 5.69 Å². The molecular formula is C15H22N2O4. The van der Waals surface area contributed by atoms with E-state index >= 15 is 0 Å². The molecule has 3 N–H and O–H groups in total. The average molecular weight is 294 g/mol. The largest absolute Gasteiger partial charge is 0.506 e. The van der Waals surface area contributed by atoms with Gasteiger partial charge in [-0.2, -0.15) is 0 Å². The van der Waals surface area contributed by atoms with Crippen molar-refractivity contribution in [3.8, 4) is 5.75 Å². The number of aromatic hydroxyl groups is 1. The van der Waals surface area contributed by atoms with E-state index in [4.69, 9.17) is 4.74 Å². The lowest BCUT2D eigenvalue weighted by atomic mass is 10.0. The highest BCUT2D eigenvalue weighted by molar-refractivity contribution is 5.87. The van der Waals surface area contributed by atoms with Gasteiger partial charge in [0.15, 0.2) is 0 Å². The van der Waals surface area contributed by atoms with Crippen LogP contribution in [0.2, 0.25) is 0 Å². The number of amides is 1. The number of carbonyl (C=O) groups is 2. The van der Waals surface area contributed by atoms with Gasteiger partial charge in [0.25, 0.3) is 0 Å². The van der Waals surface area contributed by atoms with Gasteiger partial charge in [0.2, 0.25) is 5.91 Å². The van der Waals surface area contributed by atoms with E-state index in [2.05, 4.69) is 10.6 Å². The molecule has 0 fully saturated rings. The Morgan fingerprint density at radius 3 is 2.52 bits per heavy atom. The third-order valence-electron chi connectivity index (χ3n) is 2.87. The van der Waals surface area contributed by atoms with Gasteiger partial charge in [0.1, 0.15) is 11.8 Å². The first-order valence-corrected chi connectivity index (χ1v) is 6.93. The molecule has 1 aromatic rings. The number of ether oxygens (including phenoxy) is 1. The molecule has 0 bridgehead atoms. The molecule has 116 valence electrons. The molecule has 0 saturated heterocycles. The number of nitrogens with one attached hydrogen (secondary N) is 2. The highest BCUT2D eigenvalue weighted by Crippen LogP contribution is 2.20. The number of anilines is 1. The highest BCUT2D eigenvalue weighted by atomic mass is 16.5. The molecule has 1 aromatic carbocycles. The molecule has 1 rings (SSSR count). The number of hydrogen-bond donors (Lipinski definition) is 3. The molecule has 6 nitrogen and oxygen atoms in total. The number of para-hydroxylation sites is 2. The summed E-state index contributed by atoms with van der Waals surface area (Å²) in [6.45, 7) is 5.61. The van der Waals surface area contributed by atoms with E-state index in [9.17, 15) is 14.7 Å². The maximum Gasteiger partial charge on any atom is 0.328 e. The monoisotopic (exact) mass is 294 g/mol. The zero-order valence-electron chi connectivity index (χ0n) is 12.6. The molecule has 1 amide bonds. The highest BCUT2D eigenvalue weighted by Gasteiger charge is 2.25. The Kier molecular flexibility index (Phi) is 6.52. The molecule has 1 atom stereocenters. The lowest BCUT2D eigenvalue weighted by Crippen LogP contribution is -2.47. The smallest absolute Gasteiger partial charge is 0.328 e. The van der Waals surface area contributed by atoms with Gasteiger partial charge < -0.3 is 20.5 Å². The Labute approximate surface area is 124 Å². The fraction of sp³-hybridized carbons (Fsp3) is 0.467. The Bertz CT molecular complexity index is 488. The van der Waals surface area contributed by atoms with Crippen LogP contribution in [-0.4, -0.2) is 36.2 Å². The van der Waals surface area contributed by atoms with Crippen molar-refractivity contribution in [3.63, 3.8) is 0 Å². The summed E-state index contributed by atoms with van der Waals surface area (Å²) in [4.78, 5) is 23.6. The first-order chi connectivity index (χ1) is 9.95. The molecule has 1 unspecified atom stereocenters. The molecule has 6 heteroatoms. The summed E-state index contributed by atoms with van der Waals surface area (Å²) in [6, 6.07) is 5.94. The number of phenols is 1. The lowest BCUT2D eigenvalue weighted by molar-refractivity contribution is -0.148. The molecule has 21 heavy (non-hydrogen) atoms. The quantitative estimate of drug-likeness (QED) is 0.524. The van der Waals surface area contributed by atoms with Gasteiger partial charge in [0.05, 0.1) is 18.8 Å². The van der Waals surface area contributed by atoms with Crippen molar-refractivity contribution >= 4 is 17.6 Å². The second kappa shape index (κ2) is 8.14. The van der Waals surface area contributed by atoms with E-state index in [-0.39, 0.29) is 30.7 Å². The predicted molar refractivity (Wildman–Crippen MR) is 80.0 cm³/mol. The zero-order valence-corrected chi connectivity index (χ0v) is 12.6. The molecule has 0 aliphatic heterocycles. The second-order valence-corrected chi connectivity index (χ2v) is 4.91. The van der Waals surface area contributed by atoms with Gasteiger partial charge in [-0.15, -0.1) is 0 Å². The third kappa shape index (κ3) is 5.33. The SMILES string of the molecule is CCOC(=O)C(NC(=O)CNc1ccccc1O)C(C)C. The van der Waals surface area contributed by atoms with Crippen molar-refractivity contribution in [2.24, 2.45) is 5.92 Å². The minimum atomic E-state index is -0.677. The van der Waals surface area contributed by atoms with Crippen molar-refractivity contribution in [1.82, 2.24) is 5.32 Å². The predicted octanol–water partition coefficient (Wildman–Crippen LogP) is 1.51. The van der Waals surface area contributed by atoms with Crippen LogP contribution in [0, 0.1) is 5.92 Å². The summed E-state index contributed by atoms with van der Waals surface area (Å²) < 4.78 is 4.93. The molecule has 0 spiro atoms. The molecule has 0 aliphatic rings. The minimum Gasteiger partial charge on any atom is -0.506 e. The topological polar surface area (TPSA) is 87.7 Å². The van der Waals surface area contributed by atoms with Crippen LogP contribution < -0.4 is 10.6 Å². The number of hydrogen-bond acceptors (Lipinski definition) is 5. The summed E-state index contributed by atoms with van der Waals surface area (Å²) in [7, 11) is 0. The Morgan fingerprint density at radius 1 is 1.29 bits per heavy atom. The van der Waals surface area contributed by atoms with Crippen LogP contribution in [0.4, 0.5) is 5.69 Å². The number of benzene rings is 1. The summed E-state index contributed by atoms with van der Waals surface area (Å²) in [6.07, 6.45) is 0. The maximum atomic E-state index is 11.9. The summed E-state index contributed by atoms with van der Waals surface area (Å²) >= 11 is 0. The zero-order chi connectivity index (χ0) is 15.8.